The Bertz CT molecular complexity index is 1270. The average molecular weight is 431 g/mol. The van der Waals surface area contributed by atoms with Gasteiger partial charge >= 0.3 is 5.97 Å². The molecular formula is C25H19ClN2O3. The van der Waals surface area contributed by atoms with Gasteiger partial charge in [-0.05, 0) is 23.8 Å². The van der Waals surface area contributed by atoms with Gasteiger partial charge in [-0.15, -0.1) is 0 Å². The molecule has 6 heteroatoms. The lowest BCUT2D eigenvalue weighted by Gasteiger charge is -2.22. The van der Waals surface area contributed by atoms with Gasteiger partial charge in [-0.1, -0.05) is 72.3 Å². The highest BCUT2D eigenvalue weighted by Gasteiger charge is 2.32. The van der Waals surface area contributed by atoms with Gasteiger partial charge in [0.25, 0.3) is 0 Å². The van der Waals surface area contributed by atoms with Gasteiger partial charge in [0.1, 0.15) is 5.92 Å². The summed E-state index contributed by atoms with van der Waals surface area (Å²) in [5.74, 6) is -2.05. The van der Waals surface area contributed by atoms with Crippen LogP contribution in [0, 0.1) is 0 Å². The number of carbonyl (C=O) groups excluding carboxylic acids is 2. The third-order valence-electron chi connectivity index (χ3n) is 5.15. The van der Waals surface area contributed by atoms with Crippen LogP contribution in [0.15, 0.2) is 78.9 Å². The monoisotopic (exact) mass is 430 g/mol. The summed E-state index contributed by atoms with van der Waals surface area (Å²) in [6.07, 6.45) is 0. The summed E-state index contributed by atoms with van der Waals surface area (Å²) in [6.45, 7) is 0. The third-order valence-corrected chi connectivity index (χ3v) is 5.40. The standard InChI is InChI=1S/C25H19ClN2O3/c1-31-25(30)20(15-7-3-2-4-8-15)22-21(24(27)29)18-9-5-6-10-19(18)28-23(22)16-11-13-17(26)14-12-16/h2-14,20H,1H3,(H2,27,29). The number of amides is 1. The molecule has 0 saturated carbocycles. The van der Waals surface area contributed by atoms with Crippen LogP contribution < -0.4 is 5.73 Å². The molecule has 0 aliphatic rings. The summed E-state index contributed by atoms with van der Waals surface area (Å²) < 4.78 is 5.14. The molecule has 2 N–H and O–H groups in total. The fraction of sp³-hybridized carbons (Fsp3) is 0.0800. The molecule has 154 valence electrons. The zero-order chi connectivity index (χ0) is 22.0. The predicted octanol–water partition coefficient (Wildman–Crippen LogP) is 4.96. The number of methoxy groups -OCH3 is 1. The molecule has 31 heavy (non-hydrogen) atoms. The molecular weight excluding hydrogens is 412 g/mol. The van der Waals surface area contributed by atoms with Crippen LogP contribution >= 0.6 is 11.6 Å². The van der Waals surface area contributed by atoms with E-state index in [9.17, 15) is 9.59 Å². The first kappa shape index (κ1) is 20.6. The number of para-hydroxylation sites is 1. The van der Waals surface area contributed by atoms with Gasteiger partial charge in [-0.2, -0.15) is 0 Å². The zero-order valence-corrected chi connectivity index (χ0v) is 17.5. The number of rotatable bonds is 5. The number of esters is 1. The van der Waals surface area contributed by atoms with E-state index in [1.165, 1.54) is 7.11 Å². The van der Waals surface area contributed by atoms with Crippen molar-refractivity contribution < 1.29 is 14.3 Å². The lowest BCUT2D eigenvalue weighted by atomic mass is 9.83. The second-order valence-corrected chi connectivity index (χ2v) is 7.44. The molecule has 0 bridgehead atoms. The molecule has 1 unspecified atom stereocenters. The number of hydrogen-bond acceptors (Lipinski definition) is 4. The number of benzene rings is 3. The normalized spacial score (nSPS) is 11.8. The molecule has 4 aromatic rings. The summed E-state index contributed by atoms with van der Waals surface area (Å²) >= 11 is 6.08. The Labute approximate surface area is 184 Å². The molecule has 0 aliphatic heterocycles. The molecule has 1 amide bonds. The molecule has 1 atom stereocenters. The minimum atomic E-state index is -0.892. The van der Waals surface area contributed by atoms with E-state index in [-0.39, 0.29) is 5.56 Å². The van der Waals surface area contributed by atoms with E-state index in [0.29, 0.717) is 38.3 Å². The minimum Gasteiger partial charge on any atom is -0.468 e. The number of aromatic nitrogens is 1. The number of halogens is 1. The number of carbonyl (C=O) groups is 2. The lowest BCUT2D eigenvalue weighted by Crippen LogP contribution is -2.23. The maximum Gasteiger partial charge on any atom is 0.317 e. The highest BCUT2D eigenvalue weighted by atomic mass is 35.5. The third kappa shape index (κ3) is 3.88. The number of pyridine rings is 1. The quantitative estimate of drug-likeness (QED) is 0.454. The molecule has 0 fully saturated rings. The van der Waals surface area contributed by atoms with Gasteiger partial charge in [0.05, 0.1) is 23.9 Å². The van der Waals surface area contributed by atoms with Crippen molar-refractivity contribution in [3.05, 3.63) is 101 Å². The van der Waals surface area contributed by atoms with Crippen molar-refractivity contribution in [1.29, 1.82) is 0 Å². The van der Waals surface area contributed by atoms with E-state index in [1.54, 1.807) is 42.5 Å². The van der Waals surface area contributed by atoms with Crippen molar-refractivity contribution in [1.82, 2.24) is 4.98 Å². The number of nitrogens with zero attached hydrogens (tertiary/aromatic N) is 1. The maximum absolute atomic E-state index is 13.0. The van der Waals surface area contributed by atoms with E-state index in [4.69, 9.17) is 27.1 Å². The van der Waals surface area contributed by atoms with Gasteiger partial charge in [0, 0.05) is 21.5 Å². The van der Waals surface area contributed by atoms with Gasteiger partial charge < -0.3 is 10.5 Å². The molecule has 1 heterocycles. The Morgan fingerprint density at radius 1 is 0.935 bits per heavy atom. The first-order chi connectivity index (χ1) is 15.0. The van der Waals surface area contributed by atoms with Crippen LogP contribution in [0.2, 0.25) is 5.02 Å². The van der Waals surface area contributed by atoms with Crippen LogP contribution in [-0.2, 0) is 9.53 Å². The number of hydrogen-bond donors (Lipinski definition) is 1. The number of nitrogens with two attached hydrogens (primary N) is 1. The van der Waals surface area contributed by atoms with E-state index >= 15 is 0 Å². The Kier molecular flexibility index (Phi) is 5.69. The Hall–Kier alpha value is -3.70. The van der Waals surface area contributed by atoms with E-state index in [1.807, 2.05) is 36.4 Å². The van der Waals surface area contributed by atoms with Crippen molar-refractivity contribution in [2.24, 2.45) is 5.73 Å². The summed E-state index contributed by atoms with van der Waals surface area (Å²) in [5, 5.41) is 1.14. The van der Waals surface area contributed by atoms with Crippen molar-refractivity contribution in [2.75, 3.05) is 7.11 Å². The van der Waals surface area contributed by atoms with Crippen LogP contribution in [0.25, 0.3) is 22.2 Å². The first-order valence-electron chi connectivity index (χ1n) is 9.62. The van der Waals surface area contributed by atoms with Gasteiger partial charge in [0.15, 0.2) is 0 Å². The smallest absolute Gasteiger partial charge is 0.317 e. The summed E-state index contributed by atoms with van der Waals surface area (Å²) in [5.41, 5.74) is 8.97. The van der Waals surface area contributed by atoms with Gasteiger partial charge in [-0.3, -0.25) is 9.59 Å². The topological polar surface area (TPSA) is 82.3 Å². The van der Waals surface area contributed by atoms with Gasteiger partial charge in [-0.25, -0.2) is 4.98 Å². The highest BCUT2D eigenvalue weighted by Crippen LogP contribution is 2.39. The van der Waals surface area contributed by atoms with E-state index in [2.05, 4.69) is 0 Å². The molecule has 1 aromatic heterocycles. The van der Waals surface area contributed by atoms with E-state index in [0.717, 1.165) is 0 Å². The molecule has 0 spiro atoms. The zero-order valence-electron chi connectivity index (χ0n) is 16.7. The molecule has 0 aliphatic carbocycles. The van der Waals surface area contributed by atoms with Crippen molar-refractivity contribution in [3.8, 4) is 11.3 Å². The molecule has 0 radical (unpaired) electrons. The van der Waals surface area contributed by atoms with Crippen LogP contribution in [0.3, 0.4) is 0 Å². The van der Waals surface area contributed by atoms with E-state index < -0.39 is 17.8 Å². The summed E-state index contributed by atoms with van der Waals surface area (Å²) in [7, 11) is 1.32. The number of ether oxygens (including phenoxy) is 1. The fourth-order valence-corrected chi connectivity index (χ4v) is 3.91. The Morgan fingerprint density at radius 2 is 1.58 bits per heavy atom. The highest BCUT2D eigenvalue weighted by molar-refractivity contribution is 6.30. The van der Waals surface area contributed by atoms with Crippen LogP contribution in [0.4, 0.5) is 0 Å². The molecule has 0 saturated heterocycles. The lowest BCUT2D eigenvalue weighted by molar-refractivity contribution is -0.141. The summed E-state index contributed by atoms with van der Waals surface area (Å²) in [6, 6.07) is 23.4. The van der Waals surface area contributed by atoms with Crippen LogP contribution in [0.5, 0.6) is 0 Å². The van der Waals surface area contributed by atoms with Crippen molar-refractivity contribution >= 4 is 34.4 Å². The number of primary amides is 1. The SMILES string of the molecule is COC(=O)C(c1ccccc1)c1c(-c2ccc(Cl)cc2)nc2ccccc2c1C(N)=O. The van der Waals surface area contributed by atoms with Crippen molar-refractivity contribution in [2.45, 2.75) is 5.92 Å². The fourth-order valence-electron chi connectivity index (χ4n) is 3.78. The maximum atomic E-state index is 13.0. The second-order valence-electron chi connectivity index (χ2n) is 7.00. The second kappa shape index (κ2) is 8.58. The Morgan fingerprint density at radius 3 is 2.23 bits per heavy atom. The number of fused-ring (bicyclic) bond motifs is 1. The average Bonchev–Trinajstić information content (AvgIpc) is 2.79. The van der Waals surface area contributed by atoms with Crippen molar-refractivity contribution in [3.63, 3.8) is 0 Å². The Balaban J connectivity index is 2.16. The van der Waals surface area contributed by atoms with Crippen LogP contribution in [-0.4, -0.2) is 24.0 Å². The molecule has 4 rings (SSSR count). The first-order valence-corrected chi connectivity index (χ1v) is 10.00. The van der Waals surface area contributed by atoms with Gasteiger partial charge in [0.2, 0.25) is 5.91 Å². The summed E-state index contributed by atoms with van der Waals surface area (Å²) in [4.78, 5) is 30.6. The molecule has 5 nitrogen and oxygen atoms in total. The minimum absolute atomic E-state index is 0.245. The predicted molar refractivity (Wildman–Crippen MR) is 121 cm³/mol. The largest absolute Gasteiger partial charge is 0.468 e. The molecule has 3 aromatic carbocycles. The van der Waals surface area contributed by atoms with Crippen LogP contribution in [0.1, 0.15) is 27.4 Å².